The average molecular weight is 601 g/mol. The summed E-state index contributed by atoms with van der Waals surface area (Å²) in [6, 6.07) is 23.1. The lowest BCUT2D eigenvalue weighted by Gasteiger charge is -2.40. The molecule has 222 valence electrons. The third-order valence-electron chi connectivity index (χ3n) is 7.31. The quantitative estimate of drug-likeness (QED) is 0.107. The van der Waals surface area contributed by atoms with Crippen LogP contribution in [0.25, 0.3) is 17.1 Å². The van der Waals surface area contributed by atoms with E-state index in [1.807, 2.05) is 71.0 Å². The zero-order chi connectivity index (χ0) is 30.3. The maximum Gasteiger partial charge on any atom is 0.269 e. The van der Waals surface area contributed by atoms with E-state index in [0.29, 0.717) is 49.6 Å². The Bertz CT molecular complexity index is 1590. The molecule has 12 heteroatoms. The number of non-ortho nitro benzene ring substituents is 1. The van der Waals surface area contributed by atoms with Crippen LogP contribution in [0, 0.1) is 10.1 Å². The van der Waals surface area contributed by atoms with E-state index in [9.17, 15) is 19.7 Å². The van der Waals surface area contributed by atoms with Crippen molar-refractivity contribution in [1.82, 2.24) is 24.6 Å². The van der Waals surface area contributed by atoms with E-state index in [1.54, 1.807) is 23.8 Å². The zero-order valence-electron chi connectivity index (χ0n) is 24.0. The van der Waals surface area contributed by atoms with Gasteiger partial charge in [0, 0.05) is 66.8 Å². The highest BCUT2D eigenvalue weighted by Crippen LogP contribution is 2.30. The Kier molecular flexibility index (Phi) is 9.35. The second-order valence-corrected chi connectivity index (χ2v) is 11.2. The number of piperazine rings is 1. The van der Waals surface area contributed by atoms with Crippen LogP contribution in [0.15, 0.2) is 84.0 Å². The van der Waals surface area contributed by atoms with Crippen LogP contribution < -0.4 is 4.74 Å². The van der Waals surface area contributed by atoms with Gasteiger partial charge in [-0.25, -0.2) is 0 Å². The molecule has 1 unspecified atom stereocenters. The van der Waals surface area contributed by atoms with Crippen molar-refractivity contribution < 1.29 is 19.2 Å². The number of aromatic nitrogens is 3. The summed E-state index contributed by atoms with van der Waals surface area (Å²) in [7, 11) is 1.63. The molecule has 1 aliphatic rings. The number of nitro groups is 1. The van der Waals surface area contributed by atoms with E-state index in [-0.39, 0.29) is 23.5 Å². The molecule has 0 aliphatic carbocycles. The third kappa shape index (κ3) is 6.86. The molecule has 0 spiro atoms. The predicted octanol–water partition coefficient (Wildman–Crippen LogP) is 5.10. The predicted molar refractivity (Wildman–Crippen MR) is 163 cm³/mol. The minimum Gasteiger partial charge on any atom is -0.497 e. The summed E-state index contributed by atoms with van der Waals surface area (Å²) in [5.74, 6) is 1.99. The van der Waals surface area contributed by atoms with Gasteiger partial charge in [-0.1, -0.05) is 42.1 Å². The lowest BCUT2D eigenvalue weighted by molar-refractivity contribution is -0.384. The monoisotopic (exact) mass is 600 g/mol. The first kappa shape index (κ1) is 29.8. The molecule has 1 atom stereocenters. The molecule has 4 aromatic rings. The molecule has 0 bridgehead atoms. The highest BCUT2D eigenvalue weighted by Gasteiger charge is 2.30. The van der Waals surface area contributed by atoms with Gasteiger partial charge in [0.15, 0.2) is 11.0 Å². The summed E-state index contributed by atoms with van der Waals surface area (Å²) in [6.07, 6.45) is 1.05. The van der Waals surface area contributed by atoms with Crippen LogP contribution >= 0.6 is 11.8 Å². The molecule has 3 aromatic carbocycles. The van der Waals surface area contributed by atoms with Crippen molar-refractivity contribution in [2.45, 2.75) is 31.0 Å². The standard InChI is InChI=1S/C31H32N6O5S/c1-22-21-34(17-18-35(22)30(39)23-13-15-26(16-14-23)37(40)41)28(38)12-7-19-43-31-33-32-29(24-8-6-11-27(20-24)42-2)36(31)25-9-4-3-5-10-25/h3-6,8-11,13-16,20,22H,7,12,17-19,21H2,1-2H3. The first-order chi connectivity index (χ1) is 20.9. The van der Waals surface area contributed by atoms with Crippen LogP contribution in [0.5, 0.6) is 5.75 Å². The van der Waals surface area contributed by atoms with Gasteiger partial charge in [-0.15, -0.1) is 10.2 Å². The number of methoxy groups -OCH3 is 1. The number of nitro benzene ring substituents is 1. The van der Waals surface area contributed by atoms with Gasteiger partial charge in [0.05, 0.1) is 12.0 Å². The van der Waals surface area contributed by atoms with Gasteiger partial charge in [0.2, 0.25) is 5.91 Å². The summed E-state index contributed by atoms with van der Waals surface area (Å²) in [6.45, 7) is 3.21. The maximum absolute atomic E-state index is 13.0. The fourth-order valence-corrected chi connectivity index (χ4v) is 5.94. The number of carbonyl (C=O) groups excluding carboxylic acids is 2. The fourth-order valence-electron chi connectivity index (χ4n) is 5.04. The minimum atomic E-state index is -0.492. The maximum atomic E-state index is 13.0. The molecule has 1 fully saturated rings. The second-order valence-electron chi connectivity index (χ2n) is 10.2. The highest BCUT2D eigenvalue weighted by atomic mass is 32.2. The van der Waals surface area contributed by atoms with Crippen molar-refractivity contribution in [1.29, 1.82) is 0 Å². The van der Waals surface area contributed by atoms with E-state index in [0.717, 1.165) is 22.2 Å². The normalized spacial score (nSPS) is 14.9. The Balaban J connectivity index is 1.17. The Morgan fingerprint density at radius 2 is 1.79 bits per heavy atom. The van der Waals surface area contributed by atoms with Crippen molar-refractivity contribution in [3.8, 4) is 22.8 Å². The Morgan fingerprint density at radius 1 is 1.02 bits per heavy atom. The topological polar surface area (TPSA) is 124 Å². The first-order valence-corrected chi connectivity index (χ1v) is 15.0. The molecule has 0 radical (unpaired) electrons. The fraction of sp³-hybridized carbons (Fsp3) is 0.290. The van der Waals surface area contributed by atoms with Crippen LogP contribution in [0.2, 0.25) is 0 Å². The van der Waals surface area contributed by atoms with Crippen molar-refractivity contribution >= 4 is 29.3 Å². The molecule has 0 saturated carbocycles. The second kappa shape index (κ2) is 13.5. The number of nitrogens with zero attached hydrogens (tertiary/aromatic N) is 6. The van der Waals surface area contributed by atoms with Gasteiger partial charge in [0.1, 0.15) is 5.75 Å². The molecule has 1 aliphatic heterocycles. The summed E-state index contributed by atoms with van der Waals surface area (Å²) >= 11 is 1.55. The van der Waals surface area contributed by atoms with Crippen LogP contribution in [0.3, 0.4) is 0 Å². The number of ether oxygens (including phenoxy) is 1. The van der Waals surface area contributed by atoms with Gasteiger partial charge in [-0.05, 0) is 49.7 Å². The lowest BCUT2D eigenvalue weighted by atomic mass is 10.1. The van der Waals surface area contributed by atoms with Crippen LogP contribution in [0.1, 0.15) is 30.1 Å². The summed E-state index contributed by atoms with van der Waals surface area (Å²) in [4.78, 5) is 40.0. The number of para-hydroxylation sites is 1. The third-order valence-corrected chi connectivity index (χ3v) is 8.32. The summed E-state index contributed by atoms with van der Waals surface area (Å²) in [5, 5.41) is 20.6. The first-order valence-electron chi connectivity index (χ1n) is 14.0. The molecule has 5 rings (SSSR count). The molecular formula is C31H32N6O5S. The van der Waals surface area contributed by atoms with Crippen molar-refractivity contribution in [3.63, 3.8) is 0 Å². The van der Waals surface area contributed by atoms with Gasteiger partial charge in [-0.3, -0.25) is 24.3 Å². The van der Waals surface area contributed by atoms with Crippen LogP contribution in [0.4, 0.5) is 5.69 Å². The van der Waals surface area contributed by atoms with Crippen molar-refractivity contribution in [2.24, 2.45) is 0 Å². The summed E-state index contributed by atoms with van der Waals surface area (Å²) in [5.41, 5.74) is 2.17. The Morgan fingerprint density at radius 3 is 2.49 bits per heavy atom. The molecule has 0 N–H and O–H groups in total. The van der Waals surface area contributed by atoms with Gasteiger partial charge >= 0.3 is 0 Å². The molecule has 2 amide bonds. The van der Waals surface area contributed by atoms with Gasteiger partial charge in [0.25, 0.3) is 11.6 Å². The minimum absolute atomic E-state index is 0.0523. The zero-order valence-corrected chi connectivity index (χ0v) is 24.8. The number of hydrogen-bond donors (Lipinski definition) is 0. The lowest BCUT2D eigenvalue weighted by Crippen LogP contribution is -2.55. The van der Waals surface area contributed by atoms with Crippen LogP contribution in [-0.4, -0.2) is 79.8 Å². The molecule has 43 heavy (non-hydrogen) atoms. The van der Waals surface area contributed by atoms with E-state index >= 15 is 0 Å². The van der Waals surface area contributed by atoms with Crippen LogP contribution in [-0.2, 0) is 4.79 Å². The van der Waals surface area contributed by atoms with E-state index in [4.69, 9.17) is 4.74 Å². The number of thioether (sulfide) groups is 1. The SMILES string of the molecule is COc1cccc(-c2nnc(SCCCC(=O)N3CCN(C(=O)c4ccc([N+](=O)[O-])cc4)C(C)C3)n2-c2ccccc2)c1. The Labute approximate surface area is 253 Å². The molecule has 11 nitrogen and oxygen atoms in total. The van der Waals surface area contributed by atoms with E-state index < -0.39 is 4.92 Å². The van der Waals surface area contributed by atoms with Gasteiger partial charge in [-0.2, -0.15) is 0 Å². The number of benzene rings is 3. The summed E-state index contributed by atoms with van der Waals surface area (Å²) < 4.78 is 7.42. The molecule has 1 aromatic heterocycles. The van der Waals surface area contributed by atoms with E-state index in [2.05, 4.69) is 10.2 Å². The highest BCUT2D eigenvalue weighted by molar-refractivity contribution is 7.99. The smallest absolute Gasteiger partial charge is 0.269 e. The van der Waals surface area contributed by atoms with E-state index in [1.165, 1.54) is 24.3 Å². The van der Waals surface area contributed by atoms with Crippen molar-refractivity contribution in [2.75, 3.05) is 32.5 Å². The number of carbonyl (C=O) groups is 2. The number of amides is 2. The number of hydrogen-bond acceptors (Lipinski definition) is 8. The molecule has 1 saturated heterocycles. The van der Waals surface area contributed by atoms with Crippen molar-refractivity contribution in [3.05, 3.63) is 94.5 Å². The Hall–Kier alpha value is -4.71. The average Bonchev–Trinajstić information content (AvgIpc) is 3.47. The molecular weight excluding hydrogens is 568 g/mol. The number of rotatable bonds is 10. The largest absolute Gasteiger partial charge is 0.497 e. The molecule has 2 heterocycles. The van der Waals surface area contributed by atoms with Gasteiger partial charge < -0.3 is 14.5 Å².